The highest BCUT2D eigenvalue weighted by Gasteiger charge is 2.19. The van der Waals surface area contributed by atoms with Crippen molar-refractivity contribution in [2.75, 3.05) is 5.32 Å². The molecule has 16 heavy (non-hydrogen) atoms. The van der Waals surface area contributed by atoms with Crippen LogP contribution in [0, 0.1) is 12.8 Å². The van der Waals surface area contributed by atoms with Gasteiger partial charge >= 0.3 is 0 Å². The molecular weight excluding hydrogens is 270 g/mol. The minimum atomic E-state index is -0.256. The number of rotatable bonds is 3. The highest BCUT2D eigenvalue weighted by Crippen LogP contribution is 2.25. The SMILES string of the molecule is Cc1ccc(NC(=O)C(Br)C(C)C)c(O)c1. The smallest absolute Gasteiger partial charge is 0.238 e. The number of phenolic OH excluding ortho intramolecular Hbond substituents is 1. The van der Waals surface area contributed by atoms with E-state index in [0.717, 1.165) is 5.56 Å². The first-order valence-corrected chi connectivity index (χ1v) is 6.08. The molecular formula is C12H16BrNO2. The molecule has 0 aromatic heterocycles. The summed E-state index contributed by atoms with van der Waals surface area (Å²) in [7, 11) is 0. The molecule has 0 aliphatic rings. The van der Waals surface area contributed by atoms with Gasteiger partial charge in [0.25, 0.3) is 0 Å². The van der Waals surface area contributed by atoms with E-state index in [0.29, 0.717) is 5.69 Å². The summed E-state index contributed by atoms with van der Waals surface area (Å²) in [6, 6.07) is 5.16. The molecule has 0 spiro atoms. The van der Waals surface area contributed by atoms with Crippen molar-refractivity contribution in [3.05, 3.63) is 23.8 Å². The molecule has 1 unspecified atom stereocenters. The molecule has 1 atom stereocenters. The average molecular weight is 286 g/mol. The fourth-order valence-corrected chi connectivity index (χ4v) is 1.37. The van der Waals surface area contributed by atoms with Gasteiger partial charge in [0.1, 0.15) is 5.75 Å². The summed E-state index contributed by atoms with van der Waals surface area (Å²) in [5.74, 6) is 0.151. The van der Waals surface area contributed by atoms with Crippen molar-refractivity contribution in [3.8, 4) is 5.75 Å². The first kappa shape index (κ1) is 13.0. The maximum atomic E-state index is 11.7. The molecule has 1 amide bonds. The third-order valence-corrected chi connectivity index (χ3v) is 3.72. The molecule has 0 aliphatic carbocycles. The van der Waals surface area contributed by atoms with Crippen LogP contribution >= 0.6 is 15.9 Å². The van der Waals surface area contributed by atoms with Gasteiger partial charge < -0.3 is 10.4 Å². The number of aromatic hydroxyl groups is 1. The van der Waals surface area contributed by atoms with Crippen LogP contribution in [0.2, 0.25) is 0 Å². The monoisotopic (exact) mass is 285 g/mol. The summed E-state index contributed by atoms with van der Waals surface area (Å²) in [6.07, 6.45) is 0. The number of phenols is 1. The van der Waals surface area contributed by atoms with E-state index in [1.165, 1.54) is 0 Å². The Morgan fingerprint density at radius 2 is 2.06 bits per heavy atom. The highest BCUT2D eigenvalue weighted by molar-refractivity contribution is 9.10. The summed E-state index contributed by atoms with van der Waals surface area (Å²) in [4.78, 5) is 11.5. The fraction of sp³-hybridized carbons (Fsp3) is 0.417. The predicted octanol–water partition coefficient (Wildman–Crippen LogP) is 3.06. The van der Waals surface area contributed by atoms with Gasteiger partial charge in [-0.1, -0.05) is 35.8 Å². The van der Waals surface area contributed by atoms with E-state index in [1.807, 2.05) is 26.8 Å². The van der Waals surface area contributed by atoms with E-state index in [1.54, 1.807) is 12.1 Å². The molecule has 0 aliphatic heterocycles. The number of halogens is 1. The van der Waals surface area contributed by atoms with Crippen LogP contribution in [0.1, 0.15) is 19.4 Å². The van der Waals surface area contributed by atoms with E-state index in [-0.39, 0.29) is 22.4 Å². The number of alkyl halides is 1. The van der Waals surface area contributed by atoms with Gasteiger partial charge in [0, 0.05) is 0 Å². The summed E-state index contributed by atoms with van der Waals surface area (Å²) >= 11 is 3.31. The topological polar surface area (TPSA) is 49.3 Å². The fourth-order valence-electron chi connectivity index (χ4n) is 1.25. The summed E-state index contributed by atoms with van der Waals surface area (Å²) < 4.78 is 0. The number of amides is 1. The van der Waals surface area contributed by atoms with Crippen molar-refractivity contribution in [2.45, 2.75) is 25.6 Å². The largest absolute Gasteiger partial charge is 0.506 e. The molecule has 1 aromatic carbocycles. The lowest BCUT2D eigenvalue weighted by atomic mass is 10.1. The number of benzene rings is 1. The third kappa shape index (κ3) is 3.23. The van der Waals surface area contributed by atoms with Gasteiger partial charge in [0.2, 0.25) is 5.91 Å². The number of carbonyl (C=O) groups excluding carboxylic acids is 1. The highest BCUT2D eigenvalue weighted by atomic mass is 79.9. The van der Waals surface area contributed by atoms with Gasteiger partial charge in [-0.15, -0.1) is 0 Å². The standard InChI is InChI=1S/C12H16BrNO2/c1-7(2)11(13)12(16)14-9-5-4-8(3)6-10(9)15/h4-7,11,15H,1-3H3,(H,14,16). The van der Waals surface area contributed by atoms with Crippen LogP contribution in [0.15, 0.2) is 18.2 Å². The zero-order valence-corrected chi connectivity index (χ0v) is 11.2. The van der Waals surface area contributed by atoms with E-state index in [2.05, 4.69) is 21.2 Å². The Balaban J connectivity index is 2.77. The second-order valence-corrected chi connectivity index (χ2v) is 5.14. The maximum Gasteiger partial charge on any atom is 0.238 e. The van der Waals surface area contributed by atoms with Crippen LogP contribution in [-0.2, 0) is 4.79 Å². The van der Waals surface area contributed by atoms with Crippen LogP contribution in [0.25, 0.3) is 0 Å². The van der Waals surface area contributed by atoms with Crippen LogP contribution in [-0.4, -0.2) is 15.8 Å². The minimum absolute atomic E-state index is 0.0943. The van der Waals surface area contributed by atoms with Crippen molar-refractivity contribution in [1.29, 1.82) is 0 Å². The zero-order valence-electron chi connectivity index (χ0n) is 9.62. The molecule has 4 heteroatoms. The summed E-state index contributed by atoms with van der Waals surface area (Å²) in [5, 5.41) is 12.3. The Kier molecular flexibility index (Phi) is 4.35. The van der Waals surface area contributed by atoms with Gasteiger partial charge in [-0.3, -0.25) is 4.79 Å². The lowest BCUT2D eigenvalue weighted by Gasteiger charge is -2.14. The molecule has 1 rings (SSSR count). The van der Waals surface area contributed by atoms with Crippen LogP contribution in [0.5, 0.6) is 5.75 Å². The van der Waals surface area contributed by atoms with Gasteiger partial charge in [-0.25, -0.2) is 0 Å². The van der Waals surface area contributed by atoms with E-state index >= 15 is 0 Å². The predicted molar refractivity (Wildman–Crippen MR) is 69.0 cm³/mol. The Morgan fingerprint density at radius 3 is 2.56 bits per heavy atom. The quantitative estimate of drug-likeness (QED) is 0.662. The number of aryl methyl sites for hydroxylation is 1. The van der Waals surface area contributed by atoms with Crippen molar-refractivity contribution >= 4 is 27.5 Å². The first-order valence-electron chi connectivity index (χ1n) is 5.16. The number of nitrogens with one attached hydrogen (secondary N) is 1. The maximum absolute atomic E-state index is 11.7. The molecule has 3 nitrogen and oxygen atoms in total. The number of hydrogen-bond donors (Lipinski definition) is 2. The number of hydrogen-bond acceptors (Lipinski definition) is 2. The number of anilines is 1. The molecule has 1 aromatic rings. The molecule has 2 N–H and O–H groups in total. The first-order chi connectivity index (χ1) is 7.41. The van der Waals surface area contributed by atoms with Gasteiger partial charge in [0.15, 0.2) is 0 Å². The third-order valence-electron chi connectivity index (χ3n) is 2.25. The van der Waals surface area contributed by atoms with Crippen molar-refractivity contribution < 1.29 is 9.90 Å². The second kappa shape index (κ2) is 5.34. The lowest BCUT2D eigenvalue weighted by Crippen LogP contribution is -2.27. The molecule has 0 bridgehead atoms. The molecule has 0 heterocycles. The second-order valence-electron chi connectivity index (χ2n) is 4.16. The van der Waals surface area contributed by atoms with Crippen LogP contribution in [0.3, 0.4) is 0 Å². The Bertz CT molecular complexity index is 391. The van der Waals surface area contributed by atoms with Crippen molar-refractivity contribution in [3.63, 3.8) is 0 Å². The minimum Gasteiger partial charge on any atom is -0.506 e. The van der Waals surface area contributed by atoms with Gasteiger partial charge in [-0.05, 0) is 30.5 Å². The molecule has 0 fully saturated rings. The number of carbonyl (C=O) groups is 1. The van der Waals surface area contributed by atoms with Crippen molar-refractivity contribution in [2.24, 2.45) is 5.92 Å². The normalized spacial score (nSPS) is 12.6. The van der Waals surface area contributed by atoms with E-state index in [4.69, 9.17) is 0 Å². The van der Waals surface area contributed by atoms with Crippen LogP contribution < -0.4 is 5.32 Å². The summed E-state index contributed by atoms with van der Waals surface area (Å²) in [5.41, 5.74) is 1.40. The lowest BCUT2D eigenvalue weighted by molar-refractivity contribution is -0.116. The van der Waals surface area contributed by atoms with Gasteiger partial charge in [-0.2, -0.15) is 0 Å². The Hall–Kier alpha value is -1.03. The Morgan fingerprint density at radius 1 is 1.44 bits per heavy atom. The molecule has 88 valence electrons. The van der Waals surface area contributed by atoms with Gasteiger partial charge in [0.05, 0.1) is 10.5 Å². The van der Waals surface area contributed by atoms with E-state index in [9.17, 15) is 9.90 Å². The molecule has 0 saturated heterocycles. The molecule has 0 radical (unpaired) electrons. The molecule has 0 saturated carbocycles. The summed E-state index contributed by atoms with van der Waals surface area (Å²) in [6.45, 7) is 5.79. The zero-order chi connectivity index (χ0) is 12.3. The van der Waals surface area contributed by atoms with Crippen LogP contribution in [0.4, 0.5) is 5.69 Å². The van der Waals surface area contributed by atoms with E-state index < -0.39 is 0 Å². The van der Waals surface area contributed by atoms with Crippen molar-refractivity contribution in [1.82, 2.24) is 0 Å². The average Bonchev–Trinajstić information content (AvgIpc) is 2.20. The Labute approximate surface area is 104 Å².